The van der Waals surface area contributed by atoms with Crippen LogP contribution in [-0.2, 0) is 4.79 Å². The number of hydrogen-bond acceptors (Lipinski definition) is 3. The molecule has 0 radical (unpaired) electrons. The van der Waals surface area contributed by atoms with Crippen molar-refractivity contribution >= 4 is 17.3 Å². The molecule has 4 nitrogen and oxygen atoms in total. The molecule has 0 aliphatic carbocycles. The highest BCUT2D eigenvalue weighted by Crippen LogP contribution is 2.20. The molecule has 0 aliphatic rings. The van der Waals surface area contributed by atoms with Crippen molar-refractivity contribution in [2.24, 2.45) is 5.73 Å². The van der Waals surface area contributed by atoms with Crippen LogP contribution in [0, 0.1) is 6.92 Å². The van der Waals surface area contributed by atoms with Gasteiger partial charge in [0, 0.05) is 24.3 Å². The summed E-state index contributed by atoms with van der Waals surface area (Å²) >= 11 is 0. The topological polar surface area (TPSA) is 81.1 Å². The molecule has 0 bridgehead atoms. The Kier molecular flexibility index (Phi) is 4.64. The largest absolute Gasteiger partial charge is 0.398 e. The van der Waals surface area contributed by atoms with Crippen LogP contribution in [0.4, 0.5) is 11.4 Å². The summed E-state index contributed by atoms with van der Waals surface area (Å²) in [5, 5.41) is 3.30. The third-order valence-electron chi connectivity index (χ3n) is 2.54. The number of anilines is 2. The minimum atomic E-state index is -0.236. The fourth-order valence-electron chi connectivity index (χ4n) is 1.49. The lowest BCUT2D eigenvalue weighted by Gasteiger charge is -2.10. The second kappa shape index (κ2) is 6.00. The van der Waals surface area contributed by atoms with Crippen molar-refractivity contribution in [1.29, 1.82) is 0 Å². The summed E-state index contributed by atoms with van der Waals surface area (Å²) in [6, 6.07) is 5.81. The molecule has 1 amide bonds. The van der Waals surface area contributed by atoms with Crippen LogP contribution in [0.3, 0.4) is 0 Å². The summed E-state index contributed by atoms with van der Waals surface area (Å²) in [6.45, 7) is 2.82. The van der Waals surface area contributed by atoms with Crippen LogP contribution in [0.25, 0.3) is 0 Å². The van der Waals surface area contributed by atoms with Crippen molar-refractivity contribution < 1.29 is 4.79 Å². The number of rotatable bonds is 6. The zero-order valence-corrected chi connectivity index (χ0v) is 9.62. The Balaban J connectivity index is 2.32. The Hall–Kier alpha value is -1.71. The van der Waals surface area contributed by atoms with Crippen molar-refractivity contribution in [3.05, 3.63) is 23.8 Å². The Morgan fingerprint density at radius 2 is 2.12 bits per heavy atom. The van der Waals surface area contributed by atoms with Gasteiger partial charge in [-0.05, 0) is 37.5 Å². The van der Waals surface area contributed by atoms with Crippen LogP contribution in [0.5, 0.6) is 0 Å². The Morgan fingerprint density at radius 1 is 1.38 bits per heavy atom. The van der Waals surface area contributed by atoms with Gasteiger partial charge in [-0.3, -0.25) is 4.79 Å². The minimum Gasteiger partial charge on any atom is -0.398 e. The highest BCUT2D eigenvalue weighted by Gasteiger charge is 2.00. The number of carbonyl (C=O) groups excluding carboxylic acids is 1. The van der Waals surface area contributed by atoms with E-state index in [1.807, 2.05) is 25.1 Å². The van der Waals surface area contributed by atoms with E-state index in [1.54, 1.807) is 0 Å². The molecule has 0 unspecified atom stereocenters. The van der Waals surface area contributed by atoms with Crippen LogP contribution < -0.4 is 16.8 Å². The third-order valence-corrected chi connectivity index (χ3v) is 2.54. The number of amides is 1. The number of nitrogens with one attached hydrogen (secondary N) is 1. The van der Waals surface area contributed by atoms with E-state index < -0.39 is 0 Å². The molecular weight excluding hydrogens is 202 g/mol. The number of unbranched alkanes of at least 4 members (excludes halogenated alkanes) is 1. The van der Waals surface area contributed by atoms with Crippen LogP contribution in [0.1, 0.15) is 24.8 Å². The van der Waals surface area contributed by atoms with Crippen molar-refractivity contribution in [3.63, 3.8) is 0 Å². The van der Waals surface area contributed by atoms with Gasteiger partial charge in [-0.25, -0.2) is 0 Å². The average Bonchev–Trinajstić information content (AvgIpc) is 2.23. The van der Waals surface area contributed by atoms with Crippen LogP contribution >= 0.6 is 0 Å². The molecule has 4 heteroatoms. The molecule has 5 N–H and O–H groups in total. The monoisotopic (exact) mass is 221 g/mol. The maximum atomic E-state index is 10.5. The van der Waals surface area contributed by atoms with Gasteiger partial charge in [0.1, 0.15) is 0 Å². The Morgan fingerprint density at radius 3 is 2.81 bits per heavy atom. The molecule has 0 saturated heterocycles. The van der Waals surface area contributed by atoms with Gasteiger partial charge >= 0.3 is 0 Å². The Bertz CT molecular complexity index is 363. The lowest BCUT2D eigenvalue weighted by molar-refractivity contribution is -0.118. The molecule has 0 fully saturated rings. The van der Waals surface area contributed by atoms with E-state index in [0.29, 0.717) is 6.42 Å². The first-order valence-electron chi connectivity index (χ1n) is 5.48. The molecule has 1 aromatic carbocycles. The van der Waals surface area contributed by atoms with E-state index in [9.17, 15) is 4.79 Å². The highest BCUT2D eigenvalue weighted by atomic mass is 16.1. The van der Waals surface area contributed by atoms with Gasteiger partial charge in [0.25, 0.3) is 0 Å². The first-order valence-corrected chi connectivity index (χ1v) is 5.48. The fraction of sp³-hybridized carbons (Fsp3) is 0.417. The highest BCUT2D eigenvalue weighted by molar-refractivity contribution is 5.73. The maximum absolute atomic E-state index is 10.5. The lowest BCUT2D eigenvalue weighted by atomic mass is 10.1. The van der Waals surface area contributed by atoms with Gasteiger partial charge in [-0.1, -0.05) is 6.07 Å². The number of nitrogens with two attached hydrogens (primary N) is 2. The summed E-state index contributed by atoms with van der Waals surface area (Å²) in [4.78, 5) is 10.5. The van der Waals surface area contributed by atoms with Crippen LogP contribution in [-0.4, -0.2) is 12.5 Å². The summed E-state index contributed by atoms with van der Waals surface area (Å²) in [7, 11) is 0. The summed E-state index contributed by atoms with van der Waals surface area (Å²) in [5.41, 5.74) is 13.8. The molecule has 0 heterocycles. The first kappa shape index (κ1) is 12.4. The van der Waals surface area contributed by atoms with E-state index in [1.165, 1.54) is 0 Å². The van der Waals surface area contributed by atoms with Gasteiger partial charge in [-0.2, -0.15) is 0 Å². The average molecular weight is 221 g/mol. The van der Waals surface area contributed by atoms with Gasteiger partial charge in [0.05, 0.1) is 0 Å². The van der Waals surface area contributed by atoms with E-state index in [4.69, 9.17) is 11.5 Å². The number of benzene rings is 1. The van der Waals surface area contributed by atoms with Gasteiger partial charge in [0.15, 0.2) is 0 Å². The normalized spacial score (nSPS) is 10.1. The van der Waals surface area contributed by atoms with Crippen LogP contribution in [0.15, 0.2) is 18.2 Å². The van der Waals surface area contributed by atoms with Crippen LogP contribution in [0.2, 0.25) is 0 Å². The predicted molar refractivity (Wildman–Crippen MR) is 67.1 cm³/mol. The standard InChI is InChI=1S/C12H19N3O/c1-9-10(13)5-4-6-11(9)15-8-3-2-7-12(14)16/h4-6,15H,2-3,7-8,13H2,1H3,(H2,14,16). The van der Waals surface area contributed by atoms with Crippen molar-refractivity contribution in [3.8, 4) is 0 Å². The zero-order valence-electron chi connectivity index (χ0n) is 9.62. The smallest absolute Gasteiger partial charge is 0.217 e. The predicted octanol–water partition coefficient (Wildman–Crippen LogP) is 1.64. The van der Waals surface area contributed by atoms with E-state index in [2.05, 4.69) is 5.32 Å². The molecule has 0 saturated carbocycles. The molecule has 0 spiro atoms. The van der Waals surface area contributed by atoms with Gasteiger partial charge < -0.3 is 16.8 Å². The third kappa shape index (κ3) is 3.81. The number of primary amides is 1. The molecule has 16 heavy (non-hydrogen) atoms. The summed E-state index contributed by atoms with van der Waals surface area (Å²) in [6.07, 6.45) is 2.21. The molecule has 0 aliphatic heterocycles. The van der Waals surface area contributed by atoms with Gasteiger partial charge in [0.2, 0.25) is 5.91 Å². The summed E-state index contributed by atoms with van der Waals surface area (Å²) in [5.74, 6) is -0.236. The number of hydrogen-bond donors (Lipinski definition) is 3. The summed E-state index contributed by atoms with van der Waals surface area (Å²) < 4.78 is 0. The SMILES string of the molecule is Cc1c(N)cccc1NCCCCC(N)=O. The molecule has 0 aromatic heterocycles. The van der Waals surface area contributed by atoms with E-state index in [-0.39, 0.29) is 5.91 Å². The van der Waals surface area contributed by atoms with Crippen molar-refractivity contribution in [2.75, 3.05) is 17.6 Å². The number of nitrogen functional groups attached to an aromatic ring is 1. The first-order chi connectivity index (χ1) is 7.61. The minimum absolute atomic E-state index is 0.236. The van der Waals surface area contributed by atoms with Gasteiger partial charge in [-0.15, -0.1) is 0 Å². The zero-order chi connectivity index (χ0) is 12.0. The van der Waals surface area contributed by atoms with Crippen molar-refractivity contribution in [1.82, 2.24) is 0 Å². The quantitative estimate of drug-likeness (QED) is 0.504. The van der Waals surface area contributed by atoms with E-state index >= 15 is 0 Å². The molecule has 88 valence electrons. The van der Waals surface area contributed by atoms with Crippen molar-refractivity contribution in [2.45, 2.75) is 26.2 Å². The number of carbonyl (C=O) groups is 1. The molecular formula is C12H19N3O. The lowest BCUT2D eigenvalue weighted by Crippen LogP contribution is -2.11. The molecule has 0 atom stereocenters. The molecule has 1 aromatic rings. The molecule has 1 rings (SSSR count). The Labute approximate surface area is 96.0 Å². The second-order valence-corrected chi connectivity index (χ2v) is 3.87. The van der Waals surface area contributed by atoms with E-state index in [0.717, 1.165) is 36.3 Å². The fourth-order valence-corrected chi connectivity index (χ4v) is 1.49. The second-order valence-electron chi connectivity index (χ2n) is 3.87. The maximum Gasteiger partial charge on any atom is 0.217 e.